The van der Waals surface area contributed by atoms with Crippen LogP contribution in [0.5, 0.6) is 0 Å². The minimum atomic E-state index is -4.08. The van der Waals surface area contributed by atoms with E-state index in [0.29, 0.717) is 12.8 Å². The summed E-state index contributed by atoms with van der Waals surface area (Å²) in [7, 11) is -4.08. The fraction of sp³-hybridized carbons (Fsp3) is 0.632. The molecule has 0 amide bonds. The molecule has 2 saturated carbocycles. The summed E-state index contributed by atoms with van der Waals surface area (Å²) in [5.74, 6) is -0.101. The highest BCUT2D eigenvalue weighted by Crippen LogP contribution is 2.64. The Labute approximate surface area is 163 Å². The molecule has 2 atom stereocenters. The number of rotatable bonds is 2. The number of halogens is 1. The molecule has 4 rings (SSSR count). The van der Waals surface area contributed by atoms with Crippen molar-refractivity contribution in [1.82, 2.24) is 5.32 Å². The van der Waals surface area contributed by atoms with Gasteiger partial charge in [0, 0.05) is 17.4 Å². The van der Waals surface area contributed by atoms with E-state index in [-0.39, 0.29) is 17.1 Å². The SMILES string of the molecule is Brc1ccc2c(c1)CCNC2.CC1(C)C2CCC1(CS(=O)(=O)O)C(=O)C2. The van der Waals surface area contributed by atoms with E-state index in [1.165, 1.54) is 15.6 Å². The van der Waals surface area contributed by atoms with Crippen LogP contribution in [-0.4, -0.2) is 31.1 Å². The molecule has 5 nitrogen and oxygen atoms in total. The first kappa shape index (κ1) is 20.0. The predicted molar refractivity (Wildman–Crippen MR) is 105 cm³/mol. The fourth-order valence-electron chi connectivity index (χ4n) is 4.87. The standard InChI is InChI=1S/C10H16O4S.C9H10BrN/c1-9(2)7-3-4-10(9,8(11)5-7)6-15(12,13)14;10-9-2-1-8-6-11-4-3-7(8)5-9/h7H,3-6H2,1-2H3,(H,12,13,14);1-2,5,11H,3-4,6H2. The van der Waals surface area contributed by atoms with Gasteiger partial charge in [-0.25, -0.2) is 0 Å². The largest absolute Gasteiger partial charge is 0.312 e. The summed E-state index contributed by atoms with van der Waals surface area (Å²) >= 11 is 3.47. The lowest BCUT2D eigenvalue weighted by molar-refractivity contribution is -0.128. The Kier molecular flexibility index (Phi) is 5.38. The smallest absolute Gasteiger partial charge is 0.265 e. The van der Waals surface area contributed by atoms with Crippen molar-refractivity contribution >= 4 is 31.8 Å². The summed E-state index contributed by atoms with van der Waals surface area (Å²) < 4.78 is 32.2. The van der Waals surface area contributed by atoms with Gasteiger partial charge < -0.3 is 5.32 Å². The molecule has 2 fully saturated rings. The first-order valence-electron chi connectivity index (χ1n) is 9.02. The van der Waals surface area contributed by atoms with Crippen molar-refractivity contribution in [2.24, 2.45) is 16.7 Å². The molecule has 3 aliphatic rings. The predicted octanol–water partition coefficient (Wildman–Crippen LogP) is 3.36. The van der Waals surface area contributed by atoms with Crippen LogP contribution in [0.15, 0.2) is 22.7 Å². The van der Waals surface area contributed by atoms with Crippen LogP contribution >= 0.6 is 15.9 Å². The van der Waals surface area contributed by atoms with Gasteiger partial charge in [0.1, 0.15) is 5.78 Å². The Hall–Kier alpha value is -0.760. The van der Waals surface area contributed by atoms with Gasteiger partial charge in [0.2, 0.25) is 0 Å². The highest BCUT2D eigenvalue weighted by molar-refractivity contribution is 9.10. The van der Waals surface area contributed by atoms with Gasteiger partial charge >= 0.3 is 0 Å². The van der Waals surface area contributed by atoms with Crippen LogP contribution < -0.4 is 5.32 Å². The monoisotopic (exact) mass is 443 g/mol. The lowest BCUT2D eigenvalue weighted by Gasteiger charge is -2.35. The highest BCUT2D eigenvalue weighted by atomic mass is 79.9. The lowest BCUT2D eigenvalue weighted by atomic mass is 9.70. The van der Waals surface area contributed by atoms with Crippen LogP contribution in [0.3, 0.4) is 0 Å². The van der Waals surface area contributed by atoms with Crippen molar-refractivity contribution in [3.05, 3.63) is 33.8 Å². The number of fused-ring (bicyclic) bond motifs is 3. The molecule has 26 heavy (non-hydrogen) atoms. The molecule has 0 aromatic heterocycles. The molecule has 0 radical (unpaired) electrons. The zero-order chi connectivity index (χ0) is 19.2. The van der Waals surface area contributed by atoms with Crippen molar-refractivity contribution in [3.8, 4) is 0 Å². The molecular weight excluding hydrogens is 418 g/mol. The van der Waals surface area contributed by atoms with E-state index in [0.717, 1.165) is 25.9 Å². The van der Waals surface area contributed by atoms with E-state index in [1.54, 1.807) is 0 Å². The second kappa shape index (κ2) is 7.00. The van der Waals surface area contributed by atoms with Crippen LogP contribution in [0.4, 0.5) is 0 Å². The maximum atomic E-state index is 11.9. The molecule has 0 spiro atoms. The number of nitrogens with one attached hydrogen (secondary N) is 1. The lowest BCUT2D eigenvalue weighted by Crippen LogP contribution is -2.42. The maximum Gasteiger partial charge on any atom is 0.265 e. The number of benzene rings is 1. The molecule has 1 heterocycles. The van der Waals surface area contributed by atoms with Crippen molar-refractivity contribution in [2.45, 2.75) is 46.1 Å². The summed E-state index contributed by atoms with van der Waals surface area (Å²) in [5.41, 5.74) is 1.81. The Morgan fingerprint density at radius 2 is 2.04 bits per heavy atom. The molecule has 2 bridgehead atoms. The average molecular weight is 444 g/mol. The molecule has 1 aromatic carbocycles. The third kappa shape index (κ3) is 3.63. The van der Waals surface area contributed by atoms with Gasteiger partial charge in [-0.2, -0.15) is 8.42 Å². The second-order valence-corrected chi connectivity index (χ2v) is 10.6. The number of carbonyl (C=O) groups is 1. The summed E-state index contributed by atoms with van der Waals surface area (Å²) in [4.78, 5) is 11.9. The van der Waals surface area contributed by atoms with Gasteiger partial charge in [-0.1, -0.05) is 35.8 Å². The van der Waals surface area contributed by atoms with Gasteiger partial charge in [-0.05, 0) is 60.4 Å². The van der Waals surface area contributed by atoms with Crippen LogP contribution in [0.2, 0.25) is 0 Å². The topological polar surface area (TPSA) is 83.5 Å². The van der Waals surface area contributed by atoms with Crippen LogP contribution in [0.25, 0.3) is 0 Å². The van der Waals surface area contributed by atoms with E-state index in [1.807, 2.05) is 13.8 Å². The highest BCUT2D eigenvalue weighted by Gasteiger charge is 2.65. The molecule has 0 saturated heterocycles. The Morgan fingerprint density at radius 3 is 2.62 bits per heavy atom. The minimum Gasteiger partial charge on any atom is -0.312 e. The second-order valence-electron chi connectivity index (χ2n) is 8.23. The van der Waals surface area contributed by atoms with Gasteiger partial charge in [-0.15, -0.1) is 0 Å². The summed E-state index contributed by atoms with van der Waals surface area (Å²) in [6.07, 6.45) is 3.13. The Bertz CT molecular complexity index is 821. The quantitative estimate of drug-likeness (QED) is 0.684. The van der Waals surface area contributed by atoms with Crippen LogP contribution in [0.1, 0.15) is 44.2 Å². The Balaban J connectivity index is 0.000000158. The van der Waals surface area contributed by atoms with Crippen molar-refractivity contribution < 1.29 is 17.8 Å². The van der Waals surface area contributed by atoms with Crippen molar-refractivity contribution in [1.29, 1.82) is 0 Å². The first-order valence-corrected chi connectivity index (χ1v) is 11.4. The molecule has 2 N–H and O–H groups in total. The number of Topliss-reactive ketones (excluding diaryl/α,β-unsaturated/α-hetero) is 1. The van der Waals surface area contributed by atoms with Gasteiger partial charge in [-0.3, -0.25) is 9.35 Å². The maximum absolute atomic E-state index is 11.9. The zero-order valence-electron chi connectivity index (χ0n) is 15.2. The minimum absolute atomic E-state index is 0.0152. The fourth-order valence-corrected chi connectivity index (χ4v) is 6.57. The molecule has 2 unspecified atom stereocenters. The van der Waals surface area contributed by atoms with Gasteiger partial charge in [0.15, 0.2) is 0 Å². The average Bonchev–Trinajstić information content (AvgIpc) is 2.88. The summed E-state index contributed by atoms with van der Waals surface area (Å²) in [6.45, 7) is 6.04. The molecule has 1 aromatic rings. The number of ketones is 1. The number of hydrogen-bond acceptors (Lipinski definition) is 4. The van der Waals surface area contributed by atoms with E-state index in [9.17, 15) is 13.2 Å². The normalized spacial score (nSPS) is 29.1. The zero-order valence-corrected chi connectivity index (χ0v) is 17.6. The first-order chi connectivity index (χ1) is 12.1. The van der Waals surface area contributed by atoms with Crippen LogP contribution in [-0.2, 0) is 27.9 Å². The molecule has 144 valence electrons. The molecule has 2 aliphatic carbocycles. The van der Waals surface area contributed by atoms with Gasteiger partial charge in [0.25, 0.3) is 10.1 Å². The third-order valence-corrected chi connectivity index (χ3v) is 7.97. The third-order valence-electron chi connectivity index (χ3n) is 6.62. The molecular formula is C19H26BrNO4S. The molecule has 7 heteroatoms. The van der Waals surface area contributed by atoms with Crippen LogP contribution in [0, 0.1) is 16.7 Å². The Morgan fingerprint density at radius 1 is 1.31 bits per heavy atom. The van der Waals surface area contributed by atoms with E-state index >= 15 is 0 Å². The van der Waals surface area contributed by atoms with E-state index in [2.05, 4.69) is 39.4 Å². The number of carbonyl (C=O) groups excluding carboxylic acids is 1. The summed E-state index contributed by atoms with van der Waals surface area (Å²) in [6, 6.07) is 6.51. The summed E-state index contributed by atoms with van der Waals surface area (Å²) in [5, 5.41) is 3.35. The van der Waals surface area contributed by atoms with E-state index < -0.39 is 21.3 Å². The van der Waals surface area contributed by atoms with Crippen molar-refractivity contribution in [2.75, 3.05) is 12.3 Å². The van der Waals surface area contributed by atoms with Crippen molar-refractivity contribution in [3.63, 3.8) is 0 Å². The van der Waals surface area contributed by atoms with Gasteiger partial charge in [0.05, 0.1) is 11.2 Å². The number of hydrogen-bond donors (Lipinski definition) is 2. The van der Waals surface area contributed by atoms with E-state index in [4.69, 9.17) is 4.55 Å². The molecule has 1 aliphatic heterocycles.